The minimum absolute atomic E-state index is 0.0479. The molecule has 0 bridgehead atoms. The predicted octanol–water partition coefficient (Wildman–Crippen LogP) is 0.981. The van der Waals surface area contributed by atoms with Gasteiger partial charge in [0.25, 0.3) is 0 Å². The van der Waals surface area contributed by atoms with Gasteiger partial charge in [-0.15, -0.1) is 0 Å². The van der Waals surface area contributed by atoms with Crippen LogP contribution in [-0.2, 0) is 22.4 Å². The zero-order valence-corrected chi connectivity index (χ0v) is 17.0. The zero-order valence-electron chi connectivity index (χ0n) is 15.4. The van der Waals surface area contributed by atoms with Gasteiger partial charge < -0.3 is 28.3 Å². The maximum atomic E-state index is 12.4. The molecule has 154 valence electrons. The summed E-state index contributed by atoms with van der Waals surface area (Å²) in [5, 5.41) is 3.33. The van der Waals surface area contributed by atoms with E-state index in [4.69, 9.17) is 46.1 Å². The van der Waals surface area contributed by atoms with Gasteiger partial charge in [0.1, 0.15) is 6.04 Å². The average Bonchev–Trinajstić information content (AvgIpc) is 2.65. The highest BCUT2D eigenvalue weighted by atomic mass is 35.5. The summed E-state index contributed by atoms with van der Waals surface area (Å²) in [5.74, 6) is -1.23. The molecule has 2 aromatic carbocycles. The topological polar surface area (TPSA) is 163 Å². The second kappa shape index (κ2) is 10.1. The van der Waals surface area contributed by atoms with Gasteiger partial charge in [-0.2, -0.15) is 0 Å². The summed E-state index contributed by atoms with van der Waals surface area (Å²) < 4.78 is 0. The quantitative estimate of drug-likeness (QED) is 0.307. The van der Waals surface area contributed by atoms with Gasteiger partial charge in [-0.25, -0.2) is 4.99 Å². The third-order valence-corrected chi connectivity index (χ3v) is 4.81. The lowest BCUT2D eigenvalue weighted by Gasteiger charge is -2.19. The van der Waals surface area contributed by atoms with Gasteiger partial charge in [0.15, 0.2) is 5.96 Å². The Morgan fingerprint density at radius 2 is 1.55 bits per heavy atom. The Bertz CT molecular complexity index is 913. The molecule has 0 heterocycles. The first-order valence-electron chi connectivity index (χ1n) is 8.63. The van der Waals surface area contributed by atoms with E-state index in [0.29, 0.717) is 21.3 Å². The number of amides is 2. The number of hydrogen-bond donors (Lipinski definition) is 5. The lowest BCUT2D eigenvalue weighted by molar-refractivity contribution is -0.128. The fourth-order valence-electron chi connectivity index (χ4n) is 2.61. The summed E-state index contributed by atoms with van der Waals surface area (Å²) in [6.45, 7) is 0. The highest BCUT2D eigenvalue weighted by Crippen LogP contribution is 2.23. The maximum Gasteiger partial charge on any atom is 0.240 e. The van der Waals surface area contributed by atoms with Crippen molar-refractivity contribution in [3.05, 3.63) is 63.6 Å². The molecule has 0 saturated carbocycles. The molecule has 10 heteroatoms. The minimum Gasteiger partial charge on any atom is -0.370 e. The first kappa shape index (κ1) is 22.5. The molecule has 9 N–H and O–H groups in total. The summed E-state index contributed by atoms with van der Waals surface area (Å²) in [6.07, 6.45) is 0.421. The van der Waals surface area contributed by atoms with Gasteiger partial charge in [0, 0.05) is 6.42 Å². The van der Waals surface area contributed by atoms with Crippen molar-refractivity contribution < 1.29 is 9.59 Å². The summed E-state index contributed by atoms with van der Waals surface area (Å²) in [5.41, 5.74) is 24.2. The standard InChI is InChI=1S/C19H22Cl2N6O2/c20-13-6-3-11(7-14(13)21)9-16(17(23)28)27-18(29)15(22)8-10-1-4-12(5-2-10)26-19(24)25/h1-7,15-16H,8-9,22H2,(H2,23,28)(H,27,29)(H4,24,25,26)/t15-,16-/m0/s1. The molecule has 2 aromatic rings. The van der Waals surface area contributed by atoms with E-state index in [1.165, 1.54) is 0 Å². The number of benzene rings is 2. The summed E-state index contributed by atoms with van der Waals surface area (Å²) in [7, 11) is 0. The van der Waals surface area contributed by atoms with E-state index in [2.05, 4.69) is 10.3 Å². The zero-order chi connectivity index (χ0) is 21.6. The highest BCUT2D eigenvalue weighted by Gasteiger charge is 2.22. The Hall–Kier alpha value is -2.81. The second-order valence-corrected chi connectivity index (χ2v) is 7.24. The van der Waals surface area contributed by atoms with E-state index in [1.807, 2.05) is 0 Å². The van der Waals surface area contributed by atoms with Crippen molar-refractivity contribution in [3.63, 3.8) is 0 Å². The van der Waals surface area contributed by atoms with Gasteiger partial charge in [0.2, 0.25) is 11.8 Å². The van der Waals surface area contributed by atoms with Crippen LogP contribution < -0.4 is 28.3 Å². The van der Waals surface area contributed by atoms with Crippen LogP contribution in [0.2, 0.25) is 10.0 Å². The van der Waals surface area contributed by atoms with Crippen LogP contribution in [0.4, 0.5) is 5.69 Å². The molecule has 0 saturated heterocycles. The number of nitrogens with one attached hydrogen (secondary N) is 1. The second-order valence-electron chi connectivity index (χ2n) is 6.43. The number of hydrogen-bond acceptors (Lipinski definition) is 4. The monoisotopic (exact) mass is 436 g/mol. The Balaban J connectivity index is 2.00. The number of nitrogens with two attached hydrogens (primary N) is 4. The number of nitrogens with zero attached hydrogens (tertiary/aromatic N) is 1. The van der Waals surface area contributed by atoms with Crippen molar-refractivity contribution in [1.29, 1.82) is 0 Å². The van der Waals surface area contributed by atoms with Crippen molar-refractivity contribution in [1.82, 2.24) is 5.32 Å². The van der Waals surface area contributed by atoms with E-state index < -0.39 is 23.9 Å². The fraction of sp³-hybridized carbons (Fsp3) is 0.211. The largest absolute Gasteiger partial charge is 0.370 e. The van der Waals surface area contributed by atoms with Crippen LogP contribution >= 0.6 is 23.2 Å². The van der Waals surface area contributed by atoms with E-state index >= 15 is 0 Å². The van der Waals surface area contributed by atoms with E-state index in [-0.39, 0.29) is 18.8 Å². The Kier molecular flexibility index (Phi) is 7.83. The lowest BCUT2D eigenvalue weighted by atomic mass is 10.0. The van der Waals surface area contributed by atoms with Crippen LogP contribution in [0.15, 0.2) is 47.5 Å². The molecule has 8 nitrogen and oxygen atoms in total. The number of guanidine groups is 1. The molecular weight excluding hydrogens is 415 g/mol. The Morgan fingerprint density at radius 3 is 2.10 bits per heavy atom. The predicted molar refractivity (Wildman–Crippen MR) is 115 cm³/mol. The highest BCUT2D eigenvalue weighted by molar-refractivity contribution is 6.42. The molecule has 0 unspecified atom stereocenters. The average molecular weight is 437 g/mol. The number of carbonyl (C=O) groups is 2. The molecule has 0 aliphatic carbocycles. The molecule has 0 radical (unpaired) electrons. The van der Waals surface area contributed by atoms with Crippen molar-refractivity contribution in [2.75, 3.05) is 0 Å². The van der Waals surface area contributed by atoms with E-state index in [9.17, 15) is 9.59 Å². The molecule has 2 atom stereocenters. The first-order chi connectivity index (χ1) is 13.7. The normalized spacial score (nSPS) is 12.7. The minimum atomic E-state index is -0.935. The molecule has 2 rings (SSSR count). The summed E-state index contributed by atoms with van der Waals surface area (Å²) >= 11 is 11.9. The van der Waals surface area contributed by atoms with E-state index in [1.54, 1.807) is 42.5 Å². The molecule has 0 spiro atoms. The van der Waals surface area contributed by atoms with E-state index in [0.717, 1.165) is 5.56 Å². The SMILES string of the molecule is NC(=O)[C@H](Cc1ccc(Cl)c(Cl)c1)NC(=O)[C@@H](N)Cc1ccc(N=C(N)N)cc1. The Morgan fingerprint density at radius 1 is 0.931 bits per heavy atom. The van der Waals surface area contributed by atoms with Crippen molar-refractivity contribution in [2.45, 2.75) is 24.9 Å². The van der Waals surface area contributed by atoms with Gasteiger partial charge in [-0.1, -0.05) is 41.4 Å². The molecule has 0 aromatic heterocycles. The first-order valence-corrected chi connectivity index (χ1v) is 9.39. The van der Waals surface area contributed by atoms with Crippen LogP contribution in [0.3, 0.4) is 0 Å². The smallest absolute Gasteiger partial charge is 0.240 e. The lowest BCUT2D eigenvalue weighted by Crippen LogP contribution is -2.51. The van der Waals surface area contributed by atoms with Crippen molar-refractivity contribution >= 4 is 46.7 Å². The van der Waals surface area contributed by atoms with Gasteiger partial charge in [-0.05, 0) is 41.8 Å². The van der Waals surface area contributed by atoms with Gasteiger partial charge >= 0.3 is 0 Å². The van der Waals surface area contributed by atoms with Crippen molar-refractivity contribution in [2.24, 2.45) is 27.9 Å². The molecule has 0 aliphatic rings. The summed E-state index contributed by atoms with van der Waals surface area (Å²) in [4.78, 5) is 28.1. The molecule has 2 amide bonds. The van der Waals surface area contributed by atoms with Gasteiger partial charge in [-0.3, -0.25) is 9.59 Å². The third kappa shape index (κ3) is 6.94. The molecule has 0 aliphatic heterocycles. The number of rotatable bonds is 8. The van der Waals surface area contributed by atoms with Crippen LogP contribution in [0.25, 0.3) is 0 Å². The van der Waals surface area contributed by atoms with Crippen LogP contribution in [0.5, 0.6) is 0 Å². The van der Waals surface area contributed by atoms with Crippen LogP contribution in [-0.4, -0.2) is 29.9 Å². The molecular formula is C19H22Cl2N6O2. The Labute approximate surface area is 178 Å². The summed E-state index contributed by atoms with van der Waals surface area (Å²) in [6, 6.07) is 10.0. The third-order valence-electron chi connectivity index (χ3n) is 4.07. The van der Waals surface area contributed by atoms with Crippen LogP contribution in [0, 0.1) is 0 Å². The van der Waals surface area contributed by atoms with Crippen molar-refractivity contribution in [3.8, 4) is 0 Å². The molecule has 29 heavy (non-hydrogen) atoms. The molecule has 0 fully saturated rings. The van der Waals surface area contributed by atoms with Crippen LogP contribution in [0.1, 0.15) is 11.1 Å². The maximum absolute atomic E-state index is 12.4. The van der Waals surface area contributed by atoms with Gasteiger partial charge in [0.05, 0.1) is 21.8 Å². The number of carbonyl (C=O) groups excluding carboxylic acids is 2. The number of aliphatic imine (C=N–C) groups is 1. The number of halogens is 2. The fourth-order valence-corrected chi connectivity index (χ4v) is 2.93. The number of primary amides is 1.